The Kier molecular flexibility index (Phi) is 4.51. The first-order valence-electron chi connectivity index (χ1n) is 8.98. The molecule has 1 fully saturated rings. The van der Waals surface area contributed by atoms with Gasteiger partial charge in [0.05, 0.1) is 13.7 Å². The van der Waals surface area contributed by atoms with E-state index >= 15 is 0 Å². The molecule has 2 aromatic rings. The number of amides is 1. The molecule has 0 unspecified atom stereocenters. The van der Waals surface area contributed by atoms with Gasteiger partial charge in [-0.15, -0.1) is 0 Å². The molecule has 0 radical (unpaired) electrons. The predicted octanol–water partition coefficient (Wildman–Crippen LogP) is 1.91. The highest BCUT2D eigenvalue weighted by molar-refractivity contribution is 5.92. The van der Waals surface area contributed by atoms with Crippen molar-refractivity contribution in [1.82, 2.24) is 9.47 Å². The van der Waals surface area contributed by atoms with Crippen molar-refractivity contribution in [2.24, 2.45) is 5.92 Å². The summed E-state index contributed by atoms with van der Waals surface area (Å²) in [6.45, 7) is 2.79. The van der Waals surface area contributed by atoms with Crippen LogP contribution in [0.1, 0.15) is 18.0 Å². The summed E-state index contributed by atoms with van der Waals surface area (Å²) < 4.78 is 7.04. The number of carbonyl (C=O) groups excluding carboxylic acids is 1. The minimum Gasteiger partial charge on any atom is -0.497 e. The van der Waals surface area contributed by atoms with Crippen LogP contribution in [0.15, 0.2) is 47.3 Å². The number of piperidine rings is 1. The summed E-state index contributed by atoms with van der Waals surface area (Å²) in [6.07, 6.45) is 1.10. The van der Waals surface area contributed by atoms with Gasteiger partial charge in [-0.2, -0.15) is 0 Å². The molecule has 6 nitrogen and oxygen atoms in total. The van der Waals surface area contributed by atoms with Crippen molar-refractivity contribution >= 4 is 11.6 Å². The number of aromatic nitrogens is 1. The molecule has 1 aromatic heterocycles. The number of methoxy groups -OCH3 is 1. The third-order valence-electron chi connectivity index (χ3n) is 5.30. The van der Waals surface area contributed by atoms with Crippen molar-refractivity contribution in [3.63, 3.8) is 0 Å². The van der Waals surface area contributed by atoms with E-state index in [1.807, 2.05) is 41.0 Å². The van der Waals surface area contributed by atoms with Crippen molar-refractivity contribution in [2.45, 2.75) is 18.9 Å². The molecule has 136 valence electrons. The van der Waals surface area contributed by atoms with E-state index in [-0.39, 0.29) is 11.5 Å². The lowest BCUT2D eigenvalue weighted by Crippen LogP contribution is -2.49. The van der Waals surface area contributed by atoms with Gasteiger partial charge in [-0.3, -0.25) is 14.5 Å². The van der Waals surface area contributed by atoms with Crippen LogP contribution in [0.25, 0.3) is 0 Å². The number of rotatable bonds is 4. The Morgan fingerprint density at radius 3 is 2.73 bits per heavy atom. The van der Waals surface area contributed by atoms with Crippen LogP contribution in [-0.4, -0.2) is 42.1 Å². The quantitative estimate of drug-likeness (QED) is 0.912. The molecule has 2 aliphatic rings. The molecule has 0 saturated carbocycles. The number of fused-ring (bicyclic) bond motifs is 4. The average Bonchev–Trinajstić information content (AvgIpc) is 2.63. The zero-order valence-corrected chi connectivity index (χ0v) is 14.9. The second-order valence-corrected chi connectivity index (χ2v) is 7.17. The largest absolute Gasteiger partial charge is 0.497 e. The number of nitrogens with one attached hydrogen (secondary N) is 1. The van der Waals surface area contributed by atoms with Crippen molar-refractivity contribution in [1.29, 1.82) is 0 Å². The van der Waals surface area contributed by atoms with E-state index in [2.05, 4.69) is 10.2 Å². The van der Waals surface area contributed by atoms with E-state index < -0.39 is 0 Å². The predicted molar refractivity (Wildman–Crippen MR) is 99.6 cm³/mol. The Bertz CT molecular complexity index is 859. The minimum absolute atomic E-state index is 0.0133. The lowest BCUT2D eigenvalue weighted by atomic mass is 9.83. The molecule has 2 aliphatic heterocycles. The van der Waals surface area contributed by atoms with Gasteiger partial charge in [0.1, 0.15) is 5.75 Å². The molecule has 0 aliphatic carbocycles. The summed E-state index contributed by atoms with van der Waals surface area (Å²) in [6, 6.07) is 12.8. The van der Waals surface area contributed by atoms with Crippen LogP contribution in [0.5, 0.6) is 5.75 Å². The highest BCUT2D eigenvalue weighted by Crippen LogP contribution is 2.34. The topological polar surface area (TPSA) is 63.6 Å². The number of nitrogens with zero attached hydrogens (tertiary/aromatic N) is 2. The monoisotopic (exact) mass is 353 g/mol. The molecule has 3 heterocycles. The van der Waals surface area contributed by atoms with Gasteiger partial charge < -0.3 is 14.6 Å². The highest BCUT2D eigenvalue weighted by atomic mass is 16.5. The van der Waals surface area contributed by atoms with Crippen LogP contribution < -0.4 is 15.6 Å². The SMILES string of the molecule is COc1ccc(NC(=O)CN2C[C@H]3C[C@@H](C2)c2cccc(=O)n2C3)cc1. The standard InChI is InChI=1S/C20H23N3O3/c1-26-17-7-5-16(6-8-17)21-19(24)13-22-10-14-9-15(12-22)18-3-2-4-20(25)23(18)11-14/h2-8,14-15H,9-13H2,1H3,(H,21,24)/t14-,15+/m1/s1. The van der Waals surface area contributed by atoms with E-state index in [0.717, 1.165) is 43.2 Å². The molecular formula is C20H23N3O3. The van der Waals surface area contributed by atoms with E-state index in [1.54, 1.807) is 13.2 Å². The van der Waals surface area contributed by atoms with Gasteiger partial charge in [-0.05, 0) is 42.7 Å². The Balaban J connectivity index is 1.40. The second kappa shape index (κ2) is 6.96. The van der Waals surface area contributed by atoms with Gasteiger partial charge >= 0.3 is 0 Å². The van der Waals surface area contributed by atoms with Crippen molar-refractivity contribution < 1.29 is 9.53 Å². The number of ether oxygens (including phenoxy) is 1. The number of pyridine rings is 1. The third-order valence-corrected chi connectivity index (χ3v) is 5.30. The van der Waals surface area contributed by atoms with Gasteiger partial charge in [0.25, 0.3) is 5.56 Å². The van der Waals surface area contributed by atoms with Crippen molar-refractivity contribution in [3.8, 4) is 5.75 Å². The van der Waals surface area contributed by atoms with Crippen LogP contribution in [0.4, 0.5) is 5.69 Å². The normalized spacial score (nSPS) is 21.7. The lowest BCUT2D eigenvalue weighted by molar-refractivity contribution is -0.117. The summed E-state index contributed by atoms with van der Waals surface area (Å²) in [5.74, 6) is 1.50. The molecule has 1 saturated heterocycles. The number of hydrogen-bond donors (Lipinski definition) is 1. The van der Waals surface area contributed by atoms with Crippen LogP contribution in [0, 0.1) is 5.92 Å². The van der Waals surface area contributed by atoms with Gasteiger partial charge in [0.15, 0.2) is 0 Å². The average molecular weight is 353 g/mol. The maximum absolute atomic E-state index is 12.4. The maximum atomic E-state index is 12.4. The summed E-state index contributed by atoms with van der Waals surface area (Å²) >= 11 is 0. The van der Waals surface area contributed by atoms with Gasteiger partial charge in [-0.1, -0.05) is 6.07 Å². The lowest BCUT2D eigenvalue weighted by Gasteiger charge is -2.42. The molecule has 1 N–H and O–H groups in total. The van der Waals surface area contributed by atoms with Crippen LogP contribution >= 0.6 is 0 Å². The van der Waals surface area contributed by atoms with Crippen LogP contribution in [0.3, 0.4) is 0 Å². The number of hydrogen-bond acceptors (Lipinski definition) is 4. The first-order chi connectivity index (χ1) is 12.6. The van der Waals surface area contributed by atoms with E-state index in [0.29, 0.717) is 18.4 Å². The number of anilines is 1. The van der Waals surface area contributed by atoms with Crippen molar-refractivity contribution in [3.05, 3.63) is 58.5 Å². The fourth-order valence-electron chi connectivity index (χ4n) is 4.20. The molecule has 0 spiro atoms. The molecule has 6 heteroatoms. The molecule has 2 atom stereocenters. The van der Waals surface area contributed by atoms with Gasteiger partial charge in [-0.25, -0.2) is 0 Å². The molecule has 2 bridgehead atoms. The Hall–Kier alpha value is -2.60. The van der Waals surface area contributed by atoms with Crippen molar-refractivity contribution in [2.75, 3.05) is 32.1 Å². The second-order valence-electron chi connectivity index (χ2n) is 7.17. The number of likely N-dealkylation sites (tertiary alicyclic amines) is 1. The molecule has 1 aromatic carbocycles. The number of carbonyl (C=O) groups is 1. The summed E-state index contributed by atoms with van der Waals surface area (Å²) in [5.41, 5.74) is 1.96. The Labute approximate surface area is 152 Å². The van der Waals surface area contributed by atoms with Gasteiger partial charge in [0.2, 0.25) is 5.91 Å². The first kappa shape index (κ1) is 16.8. The maximum Gasteiger partial charge on any atom is 0.250 e. The number of benzene rings is 1. The van der Waals surface area contributed by atoms with E-state index in [4.69, 9.17) is 4.74 Å². The summed E-state index contributed by atoms with van der Waals surface area (Å²) in [7, 11) is 1.62. The molecular weight excluding hydrogens is 330 g/mol. The fraction of sp³-hybridized carbons (Fsp3) is 0.400. The van der Waals surface area contributed by atoms with Crippen LogP contribution in [-0.2, 0) is 11.3 Å². The smallest absolute Gasteiger partial charge is 0.250 e. The molecule has 26 heavy (non-hydrogen) atoms. The zero-order chi connectivity index (χ0) is 18.1. The Morgan fingerprint density at radius 2 is 1.96 bits per heavy atom. The molecule has 4 rings (SSSR count). The summed E-state index contributed by atoms with van der Waals surface area (Å²) in [4.78, 5) is 26.7. The highest BCUT2D eigenvalue weighted by Gasteiger charge is 2.34. The third kappa shape index (κ3) is 3.37. The van der Waals surface area contributed by atoms with E-state index in [1.165, 1.54) is 0 Å². The fourth-order valence-corrected chi connectivity index (χ4v) is 4.20. The zero-order valence-electron chi connectivity index (χ0n) is 14.9. The summed E-state index contributed by atoms with van der Waals surface area (Å²) in [5, 5.41) is 2.94. The van der Waals surface area contributed by atoms with Crippen LogP contribution in [0.2, 0.25) is 0 Å². The Morgan fingerprint density at radius 1 is 1.15 bits per heavy atom. The minimum atomic E-state index is -0.0133. The van der Waals surface area contributed by atoms with Gasteiger partial charge in [0, 0.05) is 43.0 Å². The van der Waals surface area contributed by atoms with E-state index in [9.17, 15) is 9.59 Å². The molecule has 1 amide bonds. The first-order valence-corrected chi connectivity index (χ1v) is 8.98.